The van der Waals surface area contributed by atoms with Crippen molar-refractivity contribution >= 4 is 0 Å². The van der Waals surface area contributed by atoms with E-state index >= 15 is 0 Å². The van der Waals surface area contributed by atoms with E-state index < -0.39 is 0 Å². The van der Waals surface area contributed by atoms with Gasteiger partial charge in [-0.2, -0.15) is 0 Å². The molecular formula is C13H28N2O. The lowest BCUT2D eigenvalue weighted by Crippen LogP contribution is -2.38. The predicted molar refractivity (Wildman–Crippen MR) is 68.8 cm³/mol. The van der Waals surface area contributed by atoms with Gasteiger partial charge in [-0.1, -0.05) is 13.3 Å². The van der Waals surface area contributed by atoms with Crippen LogP contribution in [0.5, 0.6) is 0 Å². The molecule has 1 rings (SSSR count). The van der Waals surface area contributed by atoms with Gasteiger partial charge in [0.1, 0.15) is 0 Å². The predicted octanol–water partition coefficient (Wildman–Crippen LogP) is 1.73. The van der Waals surface area contributed by atoms with Gasteiger partial charge in [0, 0.05) is 26.8 Å². The Morgan fingerprint density at radius 1 is 1.25 bits per heavy atom. The fraction of sp³-hybridized carbons (Fsp3) is 1.00. The summed E-state index contributed by atoms with van der Waals surface area (Å²) in [5.41, 5.74) is 0. The first-order valence-corrected chi connectivity index (χ1v) is 6.78. The van der Waals surface area contributed by atoms with Crippen molar-refractivity contribution in [2.24, 2.45) is 5.92 Å². The van der Waals surface area contributed by atoms with Crippen molar-refractivity contribution in [2.75, 3.05) is 46.4 Å². The molecule has 0 aromatic carbocycles. The average molecular weight is 228 g/mol. The van der Waals surface area contributed by atoms with E-state index in [9.17, 15) is 0 Å². The fourth-order valence-electron chi connectivity index (χ4n) is 2.32. The molecule has 1 fully saturated rings. The Morgan fingerprint density at radius 2 is 2.00 bits per heavy atom. The molecule has 0 amide bonds. The Hall–Kier alpha value is -0.120. The minimum absolute atomic E-state index is 0.870. The summed E-state index contributed by atoms with van der Waals surface area (Å²) in [5.74, 6) is 0.992. The normalized spacial score (nSPS) is 19.1. The molecule has 1 heterocycles. The van der Waals surface area contributed by atoms with Crippen LogP contribution in [0.3, 0.4) is 0 Å². The molecule has 1 N–H and O–H groups in total. The largest absolute Gasteiger partial charge is 0.385 e. The molecule has 0 saturated carbocycles. The van der Waals surface area contributed by atoms with Gasteiger partial charge >= 0.3 is 0 Å². The van der Waals surface area contributed by atoms with Crippen molar-refractivity contribution in [2.45, 2.75) is 32.6 Å². The van der Waals surface area contributed by atoms with Gasteiger partial charge in [0.15, 0.2) is 0 Å². The van der Waals surface area contributed by atoms with Gasteiger partial charge in [-0.3, -0.25) is 0 Å². The van der Waals surface area contributed by atoms with Crippen molar-refractivity contribution in [3.05, 3.63) is 0 Å². The van der Waals surface area contributed by atoms with E-state index in [1.54, 1.807) is 7.11 Å². The van der Waals surface area contributed by atoms with Crippen molar-refractivity contribution < 1.29 is 4.74 Å². The van der Waals surface area contributed by atoms with Crippen LogP contribution in [0.25, 0.3) is 0 Å². The third-order valence-electron chi connectivity index (χ3n) is 3.59. The van der Waals surface area contributed by atoms with Gasteiger partial charge in [0.2, 0.25) is 0 Å². The maximum absolute atomic E-state index is 5.01. The monoisotopic (exact) mass is 228 g/mol. The van der Waals surface area contributed by atoms with E-state index in [-0.39, 0.29) is 0 Å². The maximum atomic E-state index is 5.01. The van der Waals surface area contributed by atoms with Gasteiger partial charge in [-0.15, -0.1) is 0 Å². The first-order chi connectivity index (χ1) is 7.86. The maximum Gasteiger partial charge on any atom is 0.0474 e. The number of hydrogen-bond donors (Lipinski definition) is 1. The van der Waals surface area contributed by atoms with Crippen molar-refractivity contribution in [3.8, 4) is 0 Å². The smallest absolute Gasteiger partial charge is 0.0474 e. The Morgan fingerprint density at radius 3 is 2.62 bits per heavy atom. The number of methoxy groups -OCH3 is 1. The Balaban J connectivity index is 1.90. The molecular weight excluding hydrogens is 200 g/mol. The van der Waals surface area contributed by atoms with Crippen LogP contribution in [-0.4, -0.2) is 51.3 Å². The highest BCUT2D eigenvalue weighted by Crippen LogP contribution is 2.19. The van der Waals surface area contributed by atoms with Crippen LogP contribution in [0.15, 0.2) is 0 Å². The van der Waals surface area contributed by atoms with Gasteiger partial charge < -0.3 is 15.0 Å². The molecule has 0 radical (unpaired) electrons. The van der Waals surface area contributed by atoms with E-state index in [2.05, 4.69) is 17.1 Å². The SMILES string of the molecule is CCC1CCN(CCNCCCOC)CC1. The summed E-state index contributed by atoms with van der Waals surface area (Å²) in [6.07, 6.45) is 5.29. The van der Waals surface area contributed by atoms with E-state index in [0.29, 0.717) is 0 Å². The molecule has 0 aromatic heterocycles. The van der Waals surface area contributed by atoms with Crippen LogP contribution < -0.4 is 5.32 Å². The molecule has 0 atom stereocenters. The Bertz CT molecular complexity index is 156. The minimum atomic E-state index is 0.870. The number of likely N-dealkylation sites (tertiary alicyclic amines) is 1. The fourth-order valence-corrected chi connectivity index (χ4v) is 2.32. The minimum Gasteiger partial charge on any atom is -0.385 e. The summed E-state index contributed by atoms with van der Waals surface area (Å²) in [6, 6.07) is 0. The standard InChI is InChI=1S/C13H28N2O/c1-3-13-5-9-15(10-6-13)11-8-14-7-4-12-16-2/h13-14H,3-12H2,1-2H3. The highest BCUT2D eigenvalue weighted by Gasteiger charge is 2.16. The molecule has 1 saturated heterocycles. The second-order valence-corrected chi connectivity index (χ2v) is 4.79. The molecule has 0 spiro atoms. The molecule has 0 aliphatic carbocycles. The summed E-state index contributed by atoms with van der Waals surface area (Å²) in [6.45, 7) is 9.21. The van der Waals surface area contributed by atoms with E-state index in [4.69, 9.17) is 4.74 Å². The van der Waals surface area contributed by atoms with Crippen LogP contribution in [0.2, 0.25) is 0 Å². The van der Waals surface area contributed by atoms with Gasteiger partial charge in [0.25, 0.3) is 0 Å². The van der Waals surface area contributed by atoms with Gasteiger partial charge in [-0.25, -0.2) is 0 Å². The highest BCUT2D eigenvalue weighted by atomic mass is 16.5. The summed E-state index contributed by atoms with van der Waals surface area (Å²) >= 11 is 0. The second kappa shape index (κ2) is 8.97. The number of nitrogens with one attached hydrogen (secondary N) is 1. The van der Waals surface area contributed by atoms with Crippen LogP contribution in [0.4, 0.5) is 0 Å². The first-order valence-electron chi connectivity index (χ1n) is 6.78. The summed E-state index contributed by atoms with van der Waals surface area (Å²) in [5, 5.41) is 3.47. The second-order valence-electron chi connectivity index (χ2n) is 4.79. The molecule has 1 aliphatic heterocycles. The Kier molecular flexibility index (Phi) is 7.81. The topological polar surface area (TPSA) is 24.5 Å². The van der Waals surface area contributed by atoms with Crippen molar-refractivity contribution in [3.63, 3.8) is 0 Å². The number of hydrogen-bond acceptors (Lipinski definition) is 3. The summed E-state index contributed by atoms with van der Waals surface area (Å²) < 4.78 is 5.01. The average Bonchev–Trinajstić information content (AvgIpc) is 2.34. The van der Waals surface area contributed by atoms with Gasteiger partial charge in [0.05, 0.1) is 0 Å². The molecule has 1 aliphatic rings. The summed E-state index contributed by atoms with van der Waals surface area (Å²) in [4.78, 5) is 2.59. The number of ether oxygens (including phenoxy) is 1. The van der Waals surface area contributed by atoms with Crippen LogP contribution >= 0.6 is 0 Å². The first kappa shape index (κ1) is 13.9. The lowest BCUT2D eigenvalue weighted by Gasteiger charge is -2.31. The quantitative estimate of drug-likeness (QED) is 0.640. The Labute approximate surface area is 101 Å². The van der Waals surface area contributed by atoms with Crippen LogP contribution in [-0.2, 0) is 4.74 Å². The molecule has 0 bridgehead atoms. The van der Waals surface area contributed by atoms with E-state index in [1.165, 1.54) is 38.9 Å². The number of piperidine rings is 1. The van der Waals surface area contributed by atoms with Crippen molar-refractivity contribution in [1.29, 1.82) is 0 Å². The molecule has 0 aromatic rings. The molecule has 16 heavy (non-hydrogen) atoms. The summed E-state index contributed by atoms with van der Waals surface area (Å²) in [7, 11) is 1.76. The number of rotatable bonds is 8. The molecule has 3 heteroatoms. The zero-order valence-electron chi connectivity index (χ0n) is 11.0. The third-order valence-corrected chi connectivity index (χ3v) is 3.59. The van der Waals surface area contributed by atoms with Crippen LogP contribution in [0, 0.1) is 5.92 Å². The molecule has 96 valence electrons. The van der Waals surface area contributed by atoms with E-state index in [1.807, 2.05) is 0 Å². The lowest BCUT2D eigenvalue weighted by molar-refractivity contribution is 0.179. The molecule has 0 unspecified atom stereocenters. The van der Waals surface area contributed by atoms with Crippen molar-refractivity contribution in [1.82, 2.24) is 10.2 Å². The zero-order chi connectivity index (χ0) is 11.6. The third kappa shape index (κ3) is 5.83. The zero-order valence-corrected chi connectivity index (χ0v) is 11.0. The highest BCUT2D eigenvalue weighted by molar-refractivity contribution is 4.71. The lowest BCUT2D eigenvalue weighted by atomic mass is 9.94. The number of nitrogens with zero attached hydrogens (tertiary/aromatic N) is 1. The molecule has 3 nitrogen and oxygen atoms in total. The van der Waals surface area contributed by atoms with E-state index in [0.717, 1.165) is 32.0 Å². The van der Waals surface area contributed by atoms with Gasteiger partial charge in [-0.05, 0) is 44.8 Å². The van der Waals surface area contributed by atoms with Crippen LogP contribution in [0.1, 0.15) is 32.6 Å².